The Bertz CT molecular complexity index is 557. The summed E-state index contributed by atoms with van der Waals surface area (Å²) in [6.07, 6.45) is 7.26. The first-order valence-corrected chi connectivity index (χ1v) is 5.85. The lowest BCUT2D eigenvalue weighted by atomic mass is 10.00. The van der Waals surface area contributed by atoms with Crippen LogP contribution in [0, 0.1) is 13.8 Å². The number of hydrogen-bond donors (Lipinski definition) is 0. The van der Waals surface area contributed by atoms with Crippen LogP contribution in [0.3, 0.4) is 0 Å². The van der Waals surface area contributed by atoms with Gasteiger partial charge in [0.05, 0.1) is 11.4 Å². The molecule has 0 aliphatic rings. The van der Waals surface area contributed by atoms with Crippen molar-refractivity contribution in [3.8, 4) is 11.4 Å². The minimum Gasteiger partial charge on any atom is -0.254 e. The van der Waals surface area contributed by atoms with E-state index >= 15 is 0 Å². The molecule has 0 aromatic carbocycles. The van der Waals surface area contributed by atoms with Crippen LogP contribution in [0.15, 0.2) is 37.7 Å². The van der Waals surface area contributed by atoms with E-state index in [1.165, 1.54) is 0 Å². The molecule has 0 saturated heterocycles. The van der Waals surface area contributed by atoms with Gasteiger partial charge in [-0.15, -0.1) is 0 Å². The molecule has 0 aliphatic heterocycles. The third kappa shape index (κ3) is 1.97. The largest absolute Gasteiger partial charge is 0.254 e. The Hall–Kier alpha value is -2.22. The van der Waals surface area contributed by atoms with Crippen molar-refractivity contribution in [1.82, 2.24) is 9.97 Å². The van der Waals surface area contributed by atoms with E-state index in [2.05, 4.69) is 23.1 Å². The molecule has 0 unspecified atom stereocenters. The average molecular weight is 236 g/mol. The second kappa shape index (κ2) is 4.96. The highest BCUT2D eigenvalue weighted by atomic mass is 14.8. The molecule has 2 aromatic rings. The molecule has 2 heteroatoms. The minimum absolute atomic E-state index is 0.864. The summed E-state index contributed by atoms with van der Waals surface area (Å²) < 4.78 is 0. The van der Waals surface area contributed by atoms with Crippen LogP contribution in [-0.2, 0) is 0 Å². The molecule has 0 atom stereocenters. The summed E-state index contributed by atoms with van der Waals surface area (Å²) in [5.74, 6) is 0. The number of nitrogens with zero attached hydrogens (tertiary/aromatic N) is 2. The summed E-state index contributed by atoms with van der Waals surface area (Å²) in [4.78, 5) is 8.90. The van der Waals surface area contributed by atoms with Gasteiger partial charge in [-0.25, -0.2) is 0 Å². The lowest BCUT2D eigenvalue weighted by molar-refractivity contribution is 1.20. The van der Waals surface area contributed by atoms with Gasteiger partial charge in [0.2, 0.25) is 0 Å². The molecule has 0 amide bonds. The van der Waals surface area contributed by atoms with Crippen LogP contribution in [0.2, 0.25) is 0 Å². The van der Waals surface area contributed by atoms with Gasteiger partial charge in [-0.1, -0.05) is 25.3 Å². The topological polar surface area (TPSA) is 25.8 Å². The Morgan fingerprint density at radius 2 is 1.22 bits per heavy atom. The predicted octanol–water partition coefficient (Wildman–Crippen LogP) is 4.05. The second-order valence-electron chi connectivity index (χ2n) is 4.19. The Morgan fingerprint density at radius 1 is 0.833 bits per heavy atom. The molecular weight excluding hydrogens is 220 g/mol. The van der Waals surface area contributed by atoms with Crippen LogP contribution in [0.4, 0.5) is 0 Å². The molecule has 2 heterocycles. The van der Waals surface area contributed by atoms with E-state index in [-0.39, 0.29) is 0 Å². The molecular formula is C16H16N2. The first-order valence-electron chi connectivity index (χ1n) is 5.85. The molecule has 2 rings (SSSR count). The highest BCUT2D eigenvalue weighted by Crippen LogP contribution is 2.28. The molecule has 0 fully saturated rings. The molecule has 18 heavy (non-hydrogen) atoms. The predicted molar refractivity (Wildman–Crippen MR) is 77.1 cm³/mol. The summed E-state index contributed by atoms with van der Waals surface area (Å²) >= 11 is 0. The van der Waals surface area contributed by atoms with Gasteiger partial charge in [0, 0.05) is 23.5 Å². The third-order valence-electron chi connectivity index (χ3n) is 3.05. The van der Waals surface area contributed by atoms with E-state index in [1.807, 2.05) is 38.1 Å². The molecule has 0 aliphatic carbocycles. The number of hydrogen-bond acceptors (Lipinski definition) is 2. The molecule has 0 N–H and O–H groups in total. The maximum Gasteiger partial charge on any atom is 0.0967 e. The number of pyridine rings is 2. The molecule has 2 nitrogen and oxygen atoms in total. The van der Waals surface area contributed by atoms with Crippen molar-refractivity contribution in [2.24, 2.45) is 0 Å². The SMILES string of the molecule is C=Cc1c(C)ccnc1-c1nccc(C)c1C=C. The number of aromatic nitrogens is 2. The van der Waals surface area contributed by atoms with Crippen LogP contribution >= 0.6 is 0 Å². The van der Waals surface area contributed by atoms with E-state index in [0.29, 0.717) is 0 Å². The zero-order valence-electron chi connectivity index (χ0n) is 10.8. The first-order chi connectivity index (χ1) is 8.69. The highest BCUT2D eigenvalue weighted by molar-refractivity contribution is 5.78. The Kier molecular flexibility index (Phi) is 3.38. The van der Waals surface area contributed by atoms with Crippen LogP contribution in [0.25, 0.3) is 23.5 Å². The Morgan fingerprint density at radius 3 is 1.56 bits per heavy atom. The standard InChI is InChI=1S/C16H16N2/c1-5-13-11(3)7-9-17-15(13)16-14(6-2)12(4)8-10-18-16/h5-10H,1-2H2,3-4H3. The van der Waals surface area contributed by atoms with E-state index in [1.54, 1.807) is 12.4 Å². The summed E-state index contributed by atoms with van der Waals surface area (Å²) in [5, 5.41) is 0. The monoisotopic (exact) mass is 236 g/mol. The fourth-order valence-corrected chi connectivity index (χ4v) is 2.03. The van der Waals surface area contributed by atoms with Gasteiger partial charge in [-0.2, -0.15) is 0 Å². The summed E-state index contributed by atoms with van der Waals surface area (Å²) in [6, 6.07) is 3.95. The summed E-state index contributed by atoms with van der Waals surface area (Å²) in [6.45, 7) is 11.8. The smallest absolute Gasteiger partial charge is 0.0967 e. The maximum atomic E-state index is 4.45. The van der Waals surface area contributed by atoms with Crippen LogP contribution < -0.4 is 0 Å². The summed E-state index contributed by atoms with van der Waals surface area (Å²) in [5.41, 5.74) is 6.08. The van der Waals surface area contributed by atoms with Crippen molar-refractivity contribution in [3.63, 3.8) is 0 Å². The van der Waals surface area contributed by atoms with E-state index in [4.69, 9.17) is 0 Å². The van der Waals surface area contributed by atoms with Crippen molar-refractivity contribution in [2.75, 3.05) is 0 Å². The lowest BCUT2D eigenvalue weighted by Gasteiger charge is -2.11. The molecule has 90 valence electrons. The van der Waals surface area contributed by atoms with Gasteiger partial charge >= 0.3 is 0 Å². The van der Waals surface area contributed by atoms with Crippen molar-refractivity contribution in [1.29, 1.82) is 0 Å². The van der Waals surface area contributed by atoms with Crippen LogP contribution in [0.5, 0.6) is 0 Å². The normalized spacial score (nSPS) is 10.1. The quantitative estimate of drug-likeness (QED) is 0.803. The number of rotatable bonds is 3. The molecule has 0 spiro atoms. The first kappa shape index (κ1) is 12.2. The van der Waals surface area contributed by atoms with Gasteiger partial charge in [-0.05, 0) is 37.1 Å². The Balaban J connectivity index is 2.77. The molecule has 0 bridgehead atoms. The van der Waals surface area contributed by atoms with Gasteiger partial charge in [0.15, 0.2) is 0 Å². The van der Waals surface area contributed by atoms with Crippen molar-refractivity contribution in [2.45, 2.75) is 13.8 Å². The maximum absolute atomic E-state index is 4.45. The fraction of sp³-hybridized carbons (Fsp3) is 0.125. The van der Waals surface area contributed by atoms with E-state index in [9.17, 15) is 0 Å². The summed E-state index contributed by atoms with van der Waals surface area (Å²) in [7, 11) is 0. The van der Waals surface area contributed by atoms with Gasteiger partial charge < -0.3 is 0 Å². The third-order valence-corrected chi connectivity index (χ3v) is 3.05. The molecule has 0 saturated carbocycles. The van der Waals surface area contributed by atoms with E-state index in [0.717, 1.165) is 33.6 Å². The minimum atomic E-state index is 0.864. The van der Waals surface area contributed by atoms with Crippen molar-refractivity contribution >= 4 is 12.2 Å². The van der Waals surface area contributed by atoms with Crippen LogP contribution in [0.1, 0.15) is 22.3 Å². The number of aryl methyl sites for hydroxylation is 2. The average Bonchev–Trinajstić information content (AvgIpc) is 2.38. The zero-order chi connectivity index (χ0) is 13.1. The van der Waals surface area contributed by atoms with Gasteiger partial charge in [0.1, 0.15) is 0 Å². The van der Waals surface area contributed by atoms with E-state index < -0.39 is 0 Å². The Labute approximate surface area is 108 Å². The second-order valence-corrected chi connectivity index (χ2v) is 4.19. The van der Waals surface area contributed by atoms with Gasteiger partial charge in [-0.3, -0.25) is 9.97 Å². The fourth-order valence-electron chi connectivity index (χ4n) is 2.03. The van der Waals surface area contributed by atoms with Crippen LogP contribution in [-0.4, -0.2) is 9.97 Å². The molecule has 2 aromatic heterocycles. The van der Waals surface area contributed by atoms with Crippen molar-refractivity contribution in [3.05, 3.63) is 59.9 Å². The molecule has 0 radical (unpaired) electrons. The van der Waals surface area contributed by atoms with Gasteiger partial charge in [0.25, 0.3) is 0 Å². The lowest BCUT2D eigenvalue weighted by Crippen LogP contribution is -1.97. The zero-order valence-corrected chi connectivity index (χ0v) is 10.8. The van der Waals surface area contributed by atoms with Crippen molar-refractivity contribution < 1.29 is 0 Å². The highest BCUT2D eigenvalue weighted by Gasteiger charge is 2.12.